The van der Waals surface area contributed by atoms with Gasteiger partial charge in [0.1, 0.15) is 30.2 Å². The Morgan fingerprint density at radius 3 is 2.30 bits per heavy atom. The molecule has 1 aliphatic heterocycles. The fraction of sp³-hybridized carbons (Fsp3) is 0.647. The van der Waals surface area contributed by atoms with Crippen LogP contribution >= 0.6 is 0 Å². The van der Waals surface area contributed by atoms with E-state index in [-0.39, 0.29) is 5.41 Å². The van der Waals surface area contributed by atoms with Crippen LogP contribution in [-0.4, -0.2) is 57.7 Å². The van der Waals surface area contributed by atoms with Gasteiger partial charge >= 0.3 is 0 Å². The van der Waals surface area contributed by atoms with Gasteiger partial charge in [-0.05, 0) is 24.0 Å². The molecule has 4 N–H and O–H groups in total. The van der Waals surface area contributed by atoms with Crippen molar-refractivity contribution in [2.45, 2.75) is 63.8 Å². The average Bonchev–Trinajstić information content (AvgIpc) is 2.48. The Bertz CT molecular complexity index is 536. The topological polar surface area (TPSA) is 99.4 Å². The highest BCUT2D eigenvalue weighted by atomic mass is 16.7. The molecule has 0 spiro atoms. The first kappa shape index (κ1) is 18.2. The third-order valence-corrected chi connectivity index (χ3v) is 4.03. The smallest absolute Gasteiger partial charge is 0.229 e. The number of aliphatic hydroxyl groups excluding tert-OH is 4. The second-order valence-electron chi connectivity index (χ2n) is 7.06. The van der Waals surface area contributed by atoms with E-state index in [2.05, 4.69) is 0 Å². The van der Waals surface area contributed by atoms with Crippen LogP contribution in [0.25, 0.3) is 0 Å². The van der Waals surface area contributed by atoms with Crippen molar-refractivity contribution in [1.29, 1.82) is 0 Å². The molecular formula is C17H26O6. The van der Waals surface area contributed by atoms with Crippen LogP contribution in [0.15, 0.2) is 18.2 Å². The lowest BCUT2D eigenvalue weighted by molar-refractivity contribution is -0.277. The van der Waals surface area contributed by atoms with E-state index in [0.717, 1.165) is 11.1 Å². The van der Waals surface area contributed by atoms with Crippen molar-refractivity contribution in [1.82, 2.24) is 0 Å². The summed E-state index contributed by atoms with van der Waals surface area (Å²) >= 11 is 0. The van der Waals surface area contributed by atoms with Crippen LogP contribution in [0, 0.1) is 6.92 Å². The van der Waals surface area contributed by atoms with E-state index in [1.165, 1.54) is 0 Å². The Kier molecular flexibility index (Phi) is 5.33. The highest BCUT2D eigenvalue weighted by molar-refractivity contribution is 5.41. The third kappa shape index (κ3) is 3.84. The zero-order valence-corrected chi connectivity index (χ0v) is 13.9. The molecule has 0 radical (unpaired) electrons. The Hall–Kier alpha value is -1.18. The normalized spacial score (nSPS) is 31.9. The van der Waals surface area contributed by atoms with Crippen molar-refractivity contribution in [2.24, 2.45) is 0 Å². The van der Waals surface area contributed by atoms with Crippen LogP contribution in [-0.2, 0) is 10.2 Å². The molecule has 1 aromatic rings. The summed E-state index contributed by atoms with van der Waals surface area (Å²) in [5.41, 5.74) is 1.83. The van der Waals surface area contributed by atoms with Crippen molar-refractivity contribution in [3.63, 3.8) is 0 Å². The molecule has 5 atom stereocenters. The Labute approximate surface area is 136 Å². The van der Waals surface area contributed by atoms with E-state index in [1.54, 1.807) is 6.07 Å². The van der Waals surface area contributed by atoms with Crippen molar-refractivity contribution in [3.05, 3.63) is 29.3 Å². The van der Waals surface area contributed by atoms with E-state index in [1.807, 2.05) is 39.8 Å². The minimum absolute atomic E-state index is 0.185. The molecule has 1 heterocycles. The molecule has 6 heteroatoms. The number of aryl methyl sites for hydroxylation is 1. The minimum Gasteiger partial charge on any atom is -0.462 e. The van der Waals surface area contributed by atoms with Gasteiger partial charge in [-0.3, -0.25) is 0 Å². The molecule has 0 saturated carbocycles. The van der Waals surface area contributed by atoms with Gasteiger partial charge in [-0.15, -0.1) is 0 Å². The molecular weight excluding hydrogens is 300 g/mol. The summed E-state index contributed by atoms with van der Waals surface area (Å²) in [5, 5.41) is 39.0. The molecule has 6 nitrogen and oxygen atoms in total. The maximum atomic E-state index is 10.1. The number of hydrogen-bond acceptors (Lipinski definition) is 6. The molecule has 23 heavy (non-hydrogen) atoms. The summed E-state index contributed by atoms with van der Waals surface area (Å²) in [6, 6.07) is 5.67. The fourth-order valence-electron chi connectivity index (χ4n) is 2.62. The monoisotopic (exact) mass is 326 g/mol. The second kappa shape index (κ2) is 6.75. The number of ether oxygens (including phenoxy) is 2. The predicted octanol–water partition coefficient (Wildman–Crippen LogP) is 0.471. The van der Waals surface area contributed by atoms with Crippen LogP contribution in [0.1, 0.15) is 31.9 Å². The fourth-order valence-corrected chi connectivity index (χ4v) is 2.62. The molecule has 2 rings (SSSR count). The van der Waals surface area contributed by atoms with E-state index in [4.69, 9.17) is 9.47 Å². The van der Waals surface area contributed by atoms with Crippen molar-refractivity contribution < 1.29 is 29.9 Å². The van der Waals surface area contributed by atoms with Gasteiger partial charge in [0.05, 0.1) is 6.61 Å². The third-order valence-electron chi connectivity index (χ3n) is 4.03. The summed E-state index contributed by atoms with van der Waals surface area (Å²) in [5.74, 6) is 0.535. The predicted molar refractivity (Wildman–Crippen MR) is 84.3 cm³/mol. The zero-order valence-electron chi connectivity index (χ0n) is 13.9. The van der Waals surface area contributed by atoms with E-state index >= 15 is 0 Å². The van der Waals surface area contributed by atoms with Gasteiger partial charge in [0, 0.05) is 0 Å². The molecule has 1 saturated heterocycles. The van der Waals surface area contributed by atoms with Gasteiger partial charge in [0.2, 0.25) is 6.29 Å². The quantitative estimate of drug-likeness (QED) is 0.644. The summed E-state index contributed by atoms with van der Waals surface area (Å²) < 4.78 is 11.2. The van der Waals surface area contributed by atoms with Crippen molar-refractivity contribution >= 4 is 0 Å². The van der Waals surface area contributed by atoms with Crippen LogP contribution in [0.3, 0.4) is 0 Å². The second-order valence-corrected chi connectivity index (χ2v) is 7.06. The lowest BCUT2D eigenvalue weighted by Crippen LogP contribution is -2.60. The van der Waals surface area contributed by atoms with Gasteiger partial charge in [0.25, 0.3) is 0 Å². The van der Waals surface area contributed by atoms with E-state index in [0.29, 0.717) is 5.75 Å². The number of rotatable bonds is 3. The highest BCUT2D eigenvalue weighted by Gasteiger charge is 2.45. The van der Waals surface area contributed by atoms with Gasteiger partial charge in [-0.2, -0.15) is 0 Å². The maximum absolute atomic E-state index is 10.1. The Morgan fingerprint density at radius 2 is 1.74 bits per heavy atom. The Morgan fingerprint density at radius 1 is 1.09 bits per heavy atom. The van der Waals surface area contributed by atoms with Crippen molar-refractivity contribution in [3.8, 4) is 5.75 Å². The van der Waals surface area contributed by atoms with Crippen LogP contribution < -0.4 is 4.74 Å². The standard InChI is InChI=1S/C17H26O6/c1-9-5-6-11(10(7-9)17(2,3)4)22-16-15(21)14(20)13(19)12(8-18)23-16/h5-7,12-16,18-21H,8H2,1-4H3/t12-,13-,14+,15+,16-/m1/s1. The highest BCUT2D eigenvalue weighted by Crippen LogP contribution is 2.34. The first-order chi connectivity index (χ1) is 10.6. The van der Waals surface area contributed by atoms with E-state index < -0.39 is 37.3 Å². The molecule has 0 aromatic heterocycles. The van der Waals surface area contributed by atoms with Gasteiger partial charge in [-0.25, -0.2) is 0 Å². The lowest BCUT2D eigenvalue weighted by Gasteiger charge is -2.40. The largest absolute Gasteiger partial charge is 0.462 e. The lowest BCUT2D eigenvalue weighted by atomic mass is 9.85. The molecule has 0 aliphatic carbocycles. The summed E-state index contributed by atoms with van der Waals surface area (Å²) in [6.45, 7) is 7.63. The molecule has 1 aromatic carbocycles. The molecule has 1 fully saturated rings. The van der Waals surface area contributed by atoms with Gasteiger partial charge < -0.3 is 29.9 Å². The average molecular weight is 326 g/mol. The zero-order chi connectivity index (χ0) is 17.4. The van der Waals surface area contributed by atoms with Crippen LogP contribution in [0.5, 0.6) is 5.75 Å². The summed E-state index contributed by atoms with van der Waals surface area (Å²) in [7, 11) is 0. The number of aliphatic hydroxyl groups is 4. The number of benzene rings is 1. The van der Waals surface area contributed by atoms with E-state index in [9.17, 15) is 20.4 Å². The van der Waals surface area contributed by atoms with Crippen LogP contribution in [0.4, 0.5) is 0 Å². The first-order valence-electron chi connectivity index (χ1n) is 7.73. The SMILES string of the molecule is Cc1ccc(O[C@@H]2O[C@H](CO)[C@@H](O)[C@H](O)[C@@H]2O)c(C(C)(C)C)c1. The minimum atomic E-state index is -1.45. The molecule has 0 bridgehead atoms. The molecule has 1 aliphatic rings. The summed E-state index contributed by atoms with van der Waals surface area (Å²) in [6.07, 6.45) is -6.41. The first-order valence-corrected chi connectivity index (χ1v) is 7.73. The van der Waals surface area contributed by atoms with Crippen molar-refractivity contribution in [2.75, 3.05) is 6.61 Å². The van der Waals surface area contributed by atoms with Gasteiger partial charge in [0.15, 0.2) is 0 Å². The van der Waals surface area contributed by atoms with Crippen LogP contribution in [0.2, 0.25) is 0 Å². The van der Waals surface area contributed by atoms with Gasteiger partial charge in [-0.1, -0.05) is 38.5 Å². The molecule has 0 amide bonds. The molecule has 130 valence electrons. The Balaban J connectivity index is 2.28. The number of hydrogen-bond donors (Lipinski definition) is 4. The maximum Gasteiger partial charge on any atom is 0.229 e. The molecule has 0 unspecified atom stereocenters. The summed E-state index contributed by atoms with van der Waals surface area (Å²) in [4.78, 5) is 0.